The largest absolute Gasteiger partial charge is 0.508 e. The summed E-state index contributed by atoms with van der Waals surface area (Å²) in [7, 11) is 0. The van der Waals surface area contributed by atoms with Crippen molar-refractivity contribution in [2.45, 2.75) is 57.4 Å². The number of hydrogen-bond donors (Lipinski definition) is 6. The van der Waals surface area contributed by atoms with Crippen LogP contribution in [-0.2, 0) is 30.3 Å². The molecule has 0 aliphatic carbocycles. The number of nitrogens with one attached hydrogen (secondary N) is 3. The molecule has 1 aliphatic heterocycles. The highest BCUT2D eigenvalue weighted by Crippen LogP contribution is 2.23. The van der Waals surface area contributed by atoms with Crippen LogP contribution in [0.3, 0.4) is 0 Å². The summed E-state index contributed by atoms with van der Waals surface area (Å²) in [6.45, 7) is 3.94. The number of ether oxygens (including phenoxy) is 1. The molecule has 7 N–H and O–H groups in total. The molecule has 0 spiro atoms. The van der Waals surface area contributed by atoms with Crippen molar-refractivity contribution < 1.29 is 34.1 Å². The van der Waals surface area contributed by atoms with Gasteiger partial charge in [-0.1, -0.05) is 26.0 Å². The van der Waals surface area contributed by atoms with Crippen LogP contribution in [0.4, 0.5) is 0 Å². The maximum Gasteiger partial charge on any atom is 0.253 e. The molecule has 0 bridgehead atoms. The maximum atomic E-state index is 12.9. The molecule has 4 atom stereocenters. The fourth-order valence-corrected chi connectivity index (χ4v) is 3.22. The van der Waals surface area contributed by atoms with Gasteiger partial charge in [0.05, 0.1) is 0 Å². The quantitative estimate of drug-likeness (QED) is 0.155. The third-order valence-electron chi connectivity index (χ3n) is 5.02. The molecule has 11 heteroatoms. The van der Waals surface area contributed by atoms with Crippen LogP contribution in [0.1, 0.15) is 32.3 Å². The molecule has 182 valence electrons. The summed E-state index contributed by atoms with van der Waals surface area (Å²) < 4.78 is 5.15. The average molecular weight is 465 g/mol. The van der Waals surface area contributed by atoms with Crippen LogP contribution in [0, 0.1) is 5.92 Å². The molecule has 33 heavy (non-hydrogen) atoms. The van der Waals surface area contributed by atoms with E-state index in [-0.39, 0.29) is 31.2 Å². The maximum absolute atomic E-state index is 12.9. The van der Waals surface area contributed by atoms with E-state index < -0.39 is 47.9 Å². The van der Waals surface area contributed by atoms with Gasteiger partial charge in [0, 0.05) is 19.6 Å². The SMILES string of the molecule is CC(C)C[C@H](NC(=O)[C@@H]1O[C@H]1C(=O)NCCCO)C(=O)N[C@@H](Cc1ccc(O)cc1)C(N)=O. The van der Waals surface area contributed by atoms with Crippen molar-refractivity contribution in [3.63, 3.8) is 0 Å². The Kier molecular flexibility index (Phi) is 9.61. The lowest BCUT2D eigenvalue weighted by Gasteiger charge is -2.23. The van der Waals surface area contributed by atoms with Crippen LogP contribution in [-0.4, -0.2) is 71.3 Å². The fraction of sp³-hybridized carbons (Fsp3) is 0.545. The number of aliphatic hydroxyl groups is 1. The van der Waals surface area contributed by atoms with Crippen molar-refractivity contribution in [1.29, 1.82) is 0 Å². The van der Waals surface area contributed by atoms with Crippen LogP contribution in [0.15, 0.2) is 24.3 Å². The highest BCUT2D eigenvalue weighted by molar-refractivity contribution is 5.97. The van der Waals surface area contributed by atoms with Crippen LogP contribution in [0.2, 0.25) is 0 Å². The van der Waals surface area contributed by atoms with Crippen molar-refractivity contribution >= 4 is 23.6 Å². The first-order chi connectivity index (χ1) is 15.6. The molecule has 1 fully saturated rings. The van der Waals surface area contributed by atoms with Gasteiger partial charge in [-0.05, 0) is 36.5 Å². The monoisotopic (exact) mass is 464 g/mol. The summed E-state index contributed by atoms with van der Waals surface area (Å²) >= 11 is 0. The van der Waals surface area contributed by atoms with Gasteiger partial charge in [-0.3, -0.25) is 19.2 Å². The van der Waals surface area contributed by atoms with Gasteiger partial charge >= 0.3 is 0 Å². The molecule has 0 saturated carbocycles. The average Bonchev–Trinajstić information content (AvgIpc) is 3.55. The molecule has 1 aliphatic rings. The lowest BCUT2D eigenvalue weighted by molar-refractivity contribution is -0.132. The number of nitrogens with two attached hydrogens (primary N) is 1. The third-order valence-corrected chi connectivity index (χ3v) is 5.02. The summed E-state index contributed by atoms with van der Waals surface area (Å²) in [4.78, 5) is 49.3. The van der Waals surface area contributed by atoms with Gasteiger partial charge in [0.1, 0.15) is 17.8 Å². The van der Waals surface area contributed by atoms with Gasteiger partial charge in [-0.15, -0.1) is 0 Å². The molecule has 1 aromatic carbocycles. The third kappa shape index (κ3) is 8.35. The number of benzene rings is 1. The number of aliphatic hydroxyl groups excluding tert-OH is 1. The molecule has 1 heterocycles. The van der Waals surface area contributed by atoms with Gasteiger partial charge in [-0.2, -0.15) is 0 Å². The molecule has 0 aromatic heterocycles. The second kappa shape index (κ2) is 12.2. The van der Waals surface area contributed by atoms with Crippen molar-refractivity contribution in [1.82, 2.24) is 16.0 Å². The molecule has 0 unspecified atom stereocenters. The Morgan fingerprint density at radius 3 is 2.24 bits per heavy atom. The van der Waals surface area contributed by atoms with E-state index in [1.165, 1.54) is 12.1 Å². The number of phenols is 1. The number of aromatic hydroxyl groups is 1. The van der Waals surface area contributed by atoms with Gasteiger partial charge in [0.2, 0.25) is 11.8 Å². The Bertz CT molecular complexity index is 844. The molecule has 1 saturated heterocycles. The molecule has 2 rings (SSSR count). The summed E-state index contributed by atoms with van der Waals surface area (Å²) in [5, 5.41) is 25.9. The lowest BCUT2D eigenvalue weighted by atomic mass is 10.0. The molecule has 4 amide bonds. The van der Waals surface area contributed by atoms with Crippen molar-refractivity contribution in [3.05, 3.63) is 29.8 Å². The van der Waals surface area contributed by atoms with E-state index in [0.717, 1.165) is 0 Å². The number of carbonyl (C=O) groups is 4. The van der Waals surface area contributed by atoms with E-state index in [1.807, 2.05) is 13.8 Å². The van der Waals surface area contributed by atoms with E-state index in [2.05, 4.69) is 16.0 Å². The Morgan fingerprint density at radius 2 is 1.67 bits per heavy atom. The molecule has 0 radical (unpaired) electrons. The summed E-state index contributed by atoms with van der Waals surface area (Å²) in [6, 6.07) is 4.17. The molecule has 11 nitrogen and oxygen atoms in total. The van der Waals surface area contributed by atoms with Gasteiger partial charge < -0.3 is 36.6 Å². The van der Waals surface area contributed by atoms with Gasteiger partial charge in [-0.25, -0.2) is 0 Å². The Labute approximate surface area is 192 Å². The number of rotatable bonds is 13. The molecular weight excluding hydrogens is 432 g/mol. The van der Waals surface area contributed by atoms with E-state index in [0.29, 0.717) is 18.4 Å². The van der Waals surface area contributed by atoms with E-state index in [1.54, 1.807) is 12.1 Å². The number of amides is 4. The summed E-state index contributed by atoms with van der Waals surface area (Å²) in [6.07, 6.45) is -1.16. The molecular formula is C22H32N4O7. The van der Waals surface area contributed by atoms with Crippen LogP contribution in [0.25, 0.3) is 0 Å². The number of epoxide rings is 1. The zero-order chi connectivity index (χ0) is 24.5. The standard InChI is InChI=1S/C22H32N4O7/c1-12(2)10-16(26-22(32)18-17(33-18)21(31)24-8-3-9-27)20(30)25-15(19(23)29)11-13-4-6-14(28)7-5-13/h4-7,12,15-18,27-28H,3,8-11H2,1-2H3,(H2,23,29)(H,24,31)(H,25,30)(H,26,32)/t15-,16-,17+,18+/m0/s1. The Hall–Kier alpha value is -3.18. The van der Waals surface area contributed by atoms with E-state index in [4.69, 9.17) is 15.6 Å². The van der Waals surface area contributed by atoms with Gasteiger partial charge in [0.25, 0.3) is 11.8 Å². The topological polar surface area (TPSA) is 183 Å². The van der Waals surface area contributed by atoms with E-state index >= 15 is 0 Å². The second-order valence-corrected chi connectivity index (χ2v) is 8.37. The van der Waals surface area contributed by atoms with Crippen molar-refractivity contribution in [2.75, 3.05) is 13.2 Å². The normalized spacial score (nSPS) is 18.8. The first kappa shape index (κ1) is 26.1. The second-order valence-electron chi connectivity index (χ2n) is 8.37. The first-order valence-electron chi connectivity index (χ1n) is 10.8. The Morgan fingerprint density at radius 1 is 1.03 bits per heavy atom. The highest BCUT2D eigenvalue weighted by Gasteiger charge is 2.50. The predicted molar refractivity (Wildman–Crippen MR) is 118 cm³/mol. The summed E-state index contributed by atoms with van der Waals surface area (Å²) in [5.74, 6) is -2.27. The smallest absolute Gasteiger partial charge is 0.253 e. The Balaban J connectivity index is 1.97. The van der Waals surface area contributed by atoms with Crippen LogP contribution >= 0.6 is 0 Å². The predicted octanol–water partition coefficient (Wildman–Crippen LogP) is -1.30. The van der Waals surface area contributed by atoms with E-state index in [9.17, 15) is 24.3 Å². The summed E-state index contributed by atoms with van der Waals surface area (Å²) in [5.41, 5.74) is 6.14. The van der Waals surface area contributed by atoms with Gasteiger partial charge in [0.15, 0.2) is 12.2 Å². The zero-order valence-electron chi connectivity index (χ0n) is 18.7. The zero-order valence-corrected chi connectivity index (χ0v) is 18.7. The lowest BCUT2D eigenvalue weighted by Crippen LogP contribution is -2.54. The minimum atomic E-state index is -1.02. The number of carbonyl (C=O) groups excluding carboxylic acids is 4. The molecule has 1 aromatic rings. The fourth-order valence-electron chi connectivity index (χ4n) is 3.22. The van der Waals surface area contributed by atoms with Crippen molar-refractivity contribution in [3.8, 4) is 5.75 Å². The highest BCUT2D eigenvalue weighted by atomic mass is 16.6. The van der Waals surface area contributed by atoms with Crippen LogP contribution < -0.4 is 21.7 Å². The van der Waals surface area contributed by atoms with Crippen molar-refractivity contribution in [2.24, 2.45) is 11.7 Å². The number of phenolic OH excluding ortho intramolecular Hbond substituents is 1. The minimum absolute atomic E-state index is 0.0443. The number of hydrogen-bond acceptors (Lipinski definition) is 7. The van der Waals surface area contributed by atoms with Crippen LogP contribution in [0.5, 0.6) is 5.75 Å². The number of primary amides is 1. The minimum Gasteiger partial charge on any atom is -0.508 e. The first-order valence-corrected chi connectivity index (χ1v) is 10.8.